The third kappa shape index (κ3) is 5.88. The molecule has 0 atom stereocenters. The third-order valence-corrected chi connectivity index (χ3v) is 18.4. The fourth-order valence-electron chi connectivity index (χ4n) is 15.3. The number of hydrogen-bond acceptors (Lipinski definition) is 2. The predicted octanol–water partition coefficient (Wildman–Crippen LogP) is 13.9. The lowest BCUT2D eigenvalue weighted by Crippen LogP contribution is -2.66. The van der Waals surface area contributed by atoms with Crippen molar-refractivity contribution in [3.05, 3.63) is 125 Å². The Labute approximate surface area is 380 Å². The van der Waals surface area contributed by atoms with Crippen LogP contribution in [0.2, 0.25) is 0 Å². The zero-order valence-corrected chi connectivity index (χ0v) is 40.5. The normalized spacial score (nSPS) is 28.7. The van der Waals surface area contributed by atoms with Gasteiger partial charge >= 0.3 is 0 Å². The summed E-state index contributed by atoms with van der Waals surface area (Å²) in [6.07, 6.45) is 8.77. The van der Waals surface area contributed by atoms with Crippen LogP contribution in [-0.2, 0) is 27.1 Å². The molecule has 0 saturated heterocycles. The fourth-order valence-corrected chi connectivity index (χ4v) is 15.3. The Bertz CT molecular complexity index is 2470. The second-order valence-electron chi connectivity index (χ2n) is 26.1. The molecule has 0 amide bonds. The van der Waals surface area contributed by atoms with Crippen molar-refractivity contribution in [2.45, 2.75) is 149 Å². The van der Waals surface area contributed by atoms with Gasteiger partial charge in [-0.3, -0.25) is 0 Å². The van der Waals surface area contributed by atoms with Gasteiger partial charge in [0.2, 0.25) is 0 Å². The molecule has 2 aliphatic heterocycles. The van der Waals surface area contributed by atoms with Crippen LogP contribution >= 0.6 is 0 Å². The van der Waals surface area contributed by atoms with Gasteiger partial charge in [0, 0.05) is 34.1 Å². The Hall–Kier alpha value is -4.24. The highest BCUT2D eigenvalue weighted by Crippen LogP contribution is 2.74. The molecule has 324 valence electrons. The van der Waals surface area contributed by atoms with Gasteiger partial charge in [0.25, 0.3) is 6.71 Å². The van der Waals surface area contributed by atoms with Gasteiger partial charge in [-0.1, -0.05) is 132 Å². The van der Waals surface area contributed by atoms with Gasteiger partial charge in [0.15, 0.2) is 0 Å². The van der Waals surface area contributed by atoms with Crippen molar-refractivity contribution in [1.29, 1.82) is 0 Å². The highest BCUT2D eigenvalue weighted by atomic mass is 15.2. The van der Waals surface area contributed by atoms with Crippen LogP contribution in [0.4, 0.5) is 34.1 Å². The molecule has 2 nitrogen and oxygen atoms in total. The molecule has 5 aromatic carbocycles. The van der Waals surface area contributed by atoms with E-state index in [0.29, 0.717) is 0 Å². The zero-order chi connectivity index (χ0) is 43.9. The number of rotatable bonds is 3. The summed E-state index contributed by atoms with van der Waals surface area (Å²) < 4.78 is 0. The molecule has 8 bridgehead atoms. The Morgan fingerprint density at radius 3 is 1.11 bits per heavy atom. The molecule has 2 heterocycles. The van der Waals surface area contributed by atoms with Crippen LogP contribution in [0.5, 0.6) is 0 Å². The molecule has 63 heavy (non-hydrogen) atoms. The fraction of sp³-hybridized carbons (Fsp3) is 0.500. The smallest absolute Gasteiger partial charge is 0.252 e. The van der Waals surface area contributed by atoms with Gasteiger partial charge in [0.1, 0.15) is 0 Å². The van der Waals surface area contributed by atoms with E-state index in [2.05, 4.69) is 190 Å². The molecule has 0 spiro atoms. The molecule has 0 aromatic heterocycles. The Morgan fingerprint density at radius 1 is 0.413 bits per heavy atom. The summed E-state index contributed by atoms with van der Waals surface area (Å²) >= 11 is 0. The first-order valence-corrected chi connectivity index (χ1v) is 25.0. The van der Waals surface area contributed by atoms with Crippen LogP contribution in [0.25, 0.3) is 0 Å². The highest BCUT2D eigenvalue weighted by Gasteiger charge is 2.67. The molecule has 0 radical (unpaired) electrons. The van der Waals surface area contributed by atoms with Crippen LogP contribution in [0.1, 0.15) is 149 Å². The topological polar surface area (TPSA) is 6.48 Å². The van der Waals surface area contributed by atoms with Gasteiger partial charge in [-0.05, 0) is 200 Å². The van der Waals surface area contributed by atoms with Crippen molar-refractivity contribution in [2.75, 3.05) is 9.80 Å². The van der Waals surface area contributed by atoms with Gasteiger partial charge in [-0.2, -0.15) is 0 Å². The van der Waals surface area contributed by atoms with Crippen LogP contribution < -0.4 is 26.2 Å². The van der Waals surface area contributed by atoms with E-state index >= 15 is 0 Å². The molecule has 5 aromatic rings. The van der Waals surface area contributed by atoms with Crippen molar-refractivity contribution in [3.8, 4) is 0 Å². The van der Waals surface area contributed by atoms with E-state index in [1.165, 1.54) is 111 Å². The monoisotopic (exact) mass is 831 g/mol. The average Bonchev–Trinajstić information content (AvgIpc) is 3.23. The maximum Gasteiger partial charge on any atom is 0.252 e. The number of hydrogen-bond donors (Lipinski definition) is 0. The predicted molar refractivity (Wildman–Crippen MR) is 269 cm³/mol. The summed E-state index contributed by atoms with van der Waals surface area (Å²) in [4.78, 5) is 5.41. The molecule has 7 aliphatic carbocycles. The minimum absolute atomic E-state index is 0.0179. The van der Waals surface area contributed by atoms with Crippen LogP contribution in [-0.4, -0.2) is 6.71 Å². The van der Waals surface area contributed by atoms with Crippen LogP contribution in [0, 0.1) is 41.4 Å². The summed E-state index contributed by atoms with van der Waals surface area (Å²) in [5, 5.41) is 0. The number of benzene rings is 5. The molecule has 7 fully saturated rings. The first-order valence-electron chi connectivity index (χ1n) is 25.0. The first kappa shape index (κ1) is 40.3. The highest BCUT2D eigenvalue weighted by molar-refractivity contribution is 7.00. The summed E-state index contributed by atoms with van der Waals surface area (Å²) in [5.74, 6) is 6.75. The van der Waals surface area contributed by atoms with E-state index in [0.717, 1.165) is 41.4 Å². The second-order valence-corrected chi connectivity index (χ2v) is 26.1. The third-order valence-electron chi connectivity index (χ3n) is 18.4. The minimum atomic E-state index is 0.0179. The molecule has 3 heteroatoms. The van der Waals surface area contributed by atoms with E-state index in [9.17, 15) is 0 Å². The average molecular weight is 831 g/mol. The van der Waals surface area contributed by atoms with Gasteiger partial charge in [-0.15, -0.1) is 0 Å². The quantitative estimate of drug-likeness (QED) is 0.164. The number of anilines is 6. The standard InChI is InChI=1S/C60H71BN2/c1-56(2,3)36-13-19-41(20-14-36)62-51-23-17-38(58(7,8)9)28-49(51)61-50-29-39(59(10,11)12)18-24-52(50)63(42-21-15-37(16-22-42)57(4,5)6)54-31-40(30-53(62)55(54)61)60-32-46-43-25-35-26-44(46)48(34-60)45(27-35)47(43)33-60/h13-24,28-31,35,43-48H,25-27,32-34H2,1-12H3. The molecule has 0 unspecified atom stereocenters. The maximum atomic E-state index is 2.77. The molecule has 14 rings (SSSR count). The Kier molecular flexibility index (Phi) is 8.30. The van der Waals surface area contributed by atoms with E-state index in [-0.39, 0.29) is 33.8 Å². The summed E-state index contributed by atoms with van der Waals surface area (Å²) in [7, 11) is 0. The van der Waals surface area contributed by atoms with E-state index in [1.54, 1.807) is 5.56 Å². The molecule has 9 aliphatic rings. The van der Waals surface area contributed by atoms with Crippen LogP contribution in [0.15, 0.2) is 97.1 Å². The summed E-state index contributed by atoms with van der Waals surface area (Å²) in [5.41, 5.74) is 20.0. The van der Waals surface area contributed by atoms with Crippen molar-refractivity contribution >= 4 is 57.2 Å². The second kappa shape index (κ2) is 13.0. The summed E-state index contributed by atoms with van der Waals surface area (Å²) in [6.45, 7) is 28.4. The number of fused-ring (bicyclic) bond motifs is 4. The SMILES string of the molecule is CC(C)(C)c1ccc(N2c3ccc(C(C)(C)C)cc3B3c4cc(C(C)(C)C)ccc4N(c4ccc(C(C)(C)C)cc4)c4cc(C56CC7C8CC9CC7C(C5)C(C9)C8C6)cc2c43)cc1. The summed E-state index contributed by atoms with van der Waals surface area (Å²) in [6, 6.07) is 39.9. The van der Waals surface area contributed by atoms with Crippen molar-refractivity contribution in [3.63, 3.8) is 0 Å². The van der Waals surface area contributed by atoms with Gasteiger partial charge in [-0.25, -0.2) is 0 Å². The molecular formula is C60H71BN2. The Balaban J connectivity index is 1.15. The Morgan fingerprint density at radius 2 is 0.762 bits per heavy atom. The number of nitrogens with zero attached hydrogens (tertiary/aromatic N) is 2. The van der Waals surface area contributed by atoms with Crippen LogP contribution in [0.3, 0.4) is 0 Å². The van der Waals surface area contributed by atoms with Gasteiger partial charge < -0.3 is 9.80 Å². The molecule has 7 saturated carbocycles. The van der Waals surface area contributed by atoms with E-state index in [4.69, 9.17) is 0 Å². The maximum absolute atomic E-state index is 2.77. The van der Waals surface area contributed by atoms with E-state index < -0.39 is 0 Å². The largest absolute Gasteiger partial charge is 0.311 e. The van der Waals surface area contributed by atoms with Crippen molar-refractivity contribution < 1.29 is 0 Å². The lowest BCUT2D eigenvalue weighted by Gasteiger charge is -2.72. The lowest BCUT2D eigenvalue weighted by molar-refractivity contribution is -0.212. The minimum Gasteiger partial charge on any atom is -0.311 e. The van der Waals surface area contributed by atoms with Gasteiger partial charge in [0.05, 0.1) is 0 Å². The zero-order valence-electron chi connectivity index (χ0n) is 40.5. The first-order chi connectivity index (χ1) is 29.7. The van der Waals surface area contributed by atoms with Crippen molar-refractivity contribution in [1.82, 2.24) is 0 Å². The van der Waals surface area contributed by atoms with E-state index in [1.807, 2.05) is 0 Å². The molecular weight excluding hydrogens is 759 g/mol. The van der Waals surface area contributed by atoms with Crippen molar-refractivity contribution in [2.24, 2.45) is 41.4 Å². The lowest BCUT2D eigenvalue weighted by atomic mass is 9.31. The molecule has 0 N–H and O–H groups in total.